The fourth-order valence-corrected chi connectivity index (χ4v) is 2.45. The van der Waals surface area contributed by atoms with Crippen molar-refractivity contribution in [1.29, 1.82) is 0 Å². The minimum atomic E-state index is -0.645. The van der Waals surface area contributed by atoms with Crippen LogP contribution in [0, 0.1) is 5.92 Å². The third kappa shape index (κ3) is 5.74. The van der Waals surface area contributed by atoms with Crippen LogP contribution in [0.25, 0.3) is 0 Å². The zero-order valence-electron chi connectivity index (χ0n) is 15.6. The number of unbranched alkanes of at least 4 members (excludes halogenated alkanes) is 1. The highest BCUT2D eigenvalue weighted by Crippen LogP contribution is 2.17. The van der Waals surface area contributed by atoms with E-state index in [1.807, 2.05) is 20.8 Å². The molecule has 0 aliphatic heterocycles. The monoisotopic (exact) mass is 354 g/mol. The number of nitrogens with one attached hydrogen (secondary N) is 1. The van der Waals surface area contributed by atoms with Crippen molar-refractivity contribution in [3.8, 4) is 0 Å². The maximum atomic E-state index is 12.5. The number of hydrogen-bond acceptors (Lipinski definition) is 5. The lowest BCUT2D eigenvalue weighted by atomic mass is 10.2. The van der Waals surface area contributed by atoms with Crippen LogP contribution < -0.4 is 21.9 Å². The number of ether oxygens (including phenoxy) is 1. The molecule has 0 radical (unpaired) electrons. The van der Waals surface area contributed by atoms with Crippen molar-refractivity contribution in [2.45, 2.75) is 53.5 Å². The maximum absolute atomic E-state index is 12.5. The van der Waals surface area contributed by atoms with E-state index in [9.17, 15) is 14.4 Å². The van der Waals surface area contributed by atoms with Crippen LogP contribution in [0.4, 0.5) is 11.5 Å². The van der Waals surface area contributed by atoms with Gasteiger partial charge in [0.05, 0.1) is 13.0 Å². The van der Waals surface area contributed by atoms with Crippen LogP contribution >= 0.6 is 0 Å². The molecule has 25 heavy (non-hydrogen) atoms. The van der Waals surface area contributed by atoms with Crippen LogP contribution in [0.2, 0.25) is 0 Å². The molecule has 1 rings (SSSR count). The first-order valence-electron chi connectivity index (χ1n) is 8.84. The average Bonchev–Trinajstić information content (AvgIpc) is 2.54. The second kappa shape index (κ2) is 10.0. The summed E-state index contributed by atoms with van der Waals surface area (Å²) in [5.74, 6) is 0.155. The van der Waals surface area contributed by atoms with E-state index < -0.39 is 11.2 Å². The maximum Gasteiger partial charge on any atom is 0.330 e. The van der Waals surface area contributed by atoms with Crippen LogP contribution in [-0.2, 0) is 16.1 Å². The number of carbonyl (C=O) groups is 1. The second-order valence-corrected chi connectivity index (χ2v) is 6.36. The summed E-state index contributed by atoms with van der Waals surface area (Å²) in [4.78, 5) is 40.3. The van der Waals surface area contributed by atoms with Crippen LogP contribution in [-0.4, -0.2) is 35.2 Å². The molecule has 0 saturated heterocycles. The zero-order valence-corrected chi connectivity index (χ0v) is 15.6. The Morgan fingerprint density at radius 2 is 2.00 bits per heavy atom. The van der Waals surface area contributed by atoms with Crippen molar-refractivity contribution in [1.82, 2.24) is 9.55 Å². The molecule has 0 aromatic carbocycles. The number of nitrogens with two attached hydrogens (primary N) is 1. The topological polar surface area (TPSA) is 110 Å². The van der Waals surface area contributed by atoms with Gasteiger partial charge in [0.2, 0.25) is 5.91 Å². The fourth-order valence-electron chi connectivity index (χ4n) is 2.45. The van der Waals surface area contributed by atoms with E-state index in [1.165, 1.54) is 9.47 Å². The van der Waals surface area contributed by atoms with Gasteiger partial charge in [-0.3, -0.25) is 19.1 Å². The SMILES string of the molecule is CCCCn1c(N)c(N(CC)C(=O)CCOCC(C)C)c(=O)[nH]c1=O. The fraction of sp³-hybridized carbons (Fsp3) is 0.706. The molecule has 3 N–H and O–H groups in total. The van der Waals surface area contributed by atoms with Crippen LogP contribution in [0.5, 0.6) is 0 Å². The molecule has 0 aliphatic carbocycles. The Morgan fingerprint density at radius 1 is 1.32 bits per heavy atom. The lowest BCUT2D eigenvalue weighted by Gasteiger charge is -2.23. The van der Waals surface area contributed by atoms with E-state index in [-0.39, 0.29) is 37.0 Å². The Kier molecular flexibility index (Phi) is 8.40. The number of amides is 1. The molecule has 1 heterocycles. The molecule has 1 aromatic heterocycles. The summed E-state index contributed by atoms with van der Waals surface area (Å²) in [6, 6.07) is 0. The zero-order chi connectivity index (χ0) is 19.0. The lowest BCUT2D eigenvalue weighted by Crippen LogP contribution is -2.41. The number of hydrogen-bond donors (Lipinski definition) is 2. The number of rotatable bonds is 10. The molecule has 0 unspecified atom stereocenters. The summed E-state index contributed by atoms with van der Waals surface area (Å²) in [6.45, 7) is 9.33. The molecule has 0 saturated carbocycles. The highest BCUT2D eigenvalue weighted by molar-refractivity contribution is 5.95. The highest BCUT2D eigenvalue weighted by atomic mass is 16.5. The average molecular weight is 354 g/mol. The number of nitrogens with zero attached hydrogens (tertiary/aromatic N) is 2. The molecule has 0 fully saturated rings. The third-order valence-corrected chi connectivity index (χ3v) is 3.75. The quantitative estimate of drug-likeness (QED) is 0.616. The Hall–Kier alpha value is -2.09. The van der Waals surface area contributed by atoms with Gasteiger partial charge in [0.15, 0.2) is 5.69 Å². The Balaban J connectivity index is 3.03. The number of H-pyrrole nitrogens is 1. The largest absolute Gasteiger partial charge is 0.383 e. The molecule has 142 valence electrons. The highest BCUT2D eigenvalue weighted by Gasteiger charge is 2.22. The number of nitrogen functional groups attached to an aromatic ring is 1. The number of aromatic nitrogens is 2. The van der Waals surface area contributed by atoms with Crippen molar-refractivity contribution in [3.05, 3.63) is 20.8 Å². The van der Waals surface area contributed by atoms with E-state index in [1.54, 1.807) is 6.92 Å². The molecule has 8 nitrogen and oxygen atoms in total. The smallest absolute Gasteiger partial charge is 0.330 e. The predicted molar refractivity (Wildman–Crippen MR) is 98.9 cm³/mol. The predicted octanol–water partition coefficient (Wildman–Crippen LogP) is 1.33. The normalized spacial score (nSPS) is 11.1. The first-order chi connectivity index (χ1) is 11.8. The number of aromatic amines is 1. The Labute approximate surface area is 148 Å². The summed E-state index contributed by atoms with van der Waals surface area (Å²) in [5, 5.41) is 0. The van der Waals surface area contributed by atoms with Gasteiger partial charge in [-0.25, -0.2) is 4.79 Å². The molecule has 0 atom stereocenters. The molecule has 0 bridgehead atoms. The summed E-state index contributed by atoms with van der Waals surface area (Å²) >= 11 is 0. The van der Waals surface area contributed by atoms with E-state index in [4.69, 9.17) is 10.5 Å². The van der Waals surface area contributed by atoms with Gasteiger partial charge in [-0.2, -0.15) is 0 Å². The van der Waals surface area contributed by atoms with E-state index >= 15 is 0 Å². The van der Waals surface area contributed by atoms with E-state index in [2.05, 4.69) is 4.98 Å². The van der Waals surface area contributed by atoms with Crippen LogP contribution in [0.15, 0.2) is 9.59 Å². The summed E-state index contributed by atoms with van der Waals surface area (Å²) in [7, 11) is 0. The summed E-state index contributed by atoms with van der Waals surface area (Å²) in [6.07, 6.45) is 1.77. The van der Waals surface area contributed by atoms with Gasteiger partial charge in [0.1, 0.15) is 5.82 Å². The minimum Gasteiger partial charge on any atom is -0.383 e. The molecule has 0 aliphatic rings. The standard InChI is InChI=1S/C17H30N4O4/c1-5-7-9-21-15(18)14(16(23)19-17(21)24)20(6-2)13(22)8-10-25-11-12(3)4/h12H,5-11,18H2,1-4H3,(H,19,23,24). The van der Waals surface area contributed by atoms with Crippen molar-refractivity contribution in [2.24, 2.45) is 5.92 Å². The van der Waals surface area contributed by atoms with Gasteiger partial charge < -0.3 is 15.4 Å². The first-order valence-corrected chi connectivity index (χ1v) is 8.84. The second-order valence-electron chi connectivity index (χ2n) is 6.36. The van der Waals surface area contributed by atoms with E-state index in [0.29, 0.717) is 19.1 Å². The van der Waals surface area contributed by atoms with Gasteiger partial charge in [-0.15, -0.1) is 0 Å². The Morgan fingerprint density at radius 3 is 2.56 bits per heavy atom. The van der Waals surface area contributed by atoms with Crippen molar-refractivity contribution < 1.29 is 9.53 Å². The first kappa shape index (κ1) is 21.0. The summed E-state index contributed by atoms with van der Waals surface area (Å²) < 4.78 is 6.74. The van der Waals surface area contributed by atoms with Gasteiger partial charge in [-0.05, 0) is 19.3 Å². The van der Waals surface area contributed by atoms with Gasteiger partial charge in [0, 0.05) is 19.7 Å². The number of carbonyl (C=O) groups excluding carboxylic acids is 1. The van der Waals surface area contributed by atoms with E-state index in [0.717, 1.165) is 12.8 Å². The number of anilines is 2. The molecular formula is C17H30N4O4. The molecular weight excluding hydrogens is 324 g/mol. The molecule has 1 amide bonds. The molecule has 0 spiro atoms. The molecule has 8 heteroatoms. The van der Waals surface area contributed by atoms with Crippen LogP contribution in [0.3, 0.4) is 0 Å². The van der Waals surface area contributed by atoms with Crippen molar-refractivity contribution >= 4 is 17.4 Å². The van der Waals surface area contributed by atoms with Gasteiger partial charge in [0.25, 0.3) is 5.56 Å². The van der Waals surface area contributed by atoms with Gasteiger partial charge in [-0.1, -0.05) is 27.2 Å². The minimum absolute atomic E-state index is 0.0282. The third-order valence-electron chi connectivity index (χ3n) is 3.75. The molecule has 1 aromatic rings. The van der Waals surface area contributed by atoms with Crippen molar-refractivity contribution in [2.75, 3.05) is 30.4 Å². The van der Waals surface area contributed by atoms with Gasteiger partial charge >= 0.3 is 5.69 Å². The summed E-state index contributed by atoms with van der Waals surface area (Å²) in [5.41, 5.74) is 4.89. The van der Waals surface area contributed by atoms with Crippen LogP contribution in [0.1, 0.15) is 47.0 Å². The lowest BCUT2D eigenvalue weighted by molar-refractivity contribution is -0.119. The Bertz CT molecular complexity index is 678. The van der Waals surface area contributed by atoms with Crippen molar-refractivity contribution in [3.63, 3.8) is 0 Å².